The second-order valence-electron chi connectivity index (χ2n) is 1.65. The Bertz CT molecular complexity index is 53.6. The Labute approximate surface area is 54.6 Å². The van der Waals surface area contributed by atoms with Crippen LogP contribution in [0.25, 0.3) is 0 Å². The van der Waals surface area contributed by atoms with Crippen LogP contribution in [0.2, 0.25) is 6.32 Å². The maximum atomic E-state index is 5.10. The Balaban J connectivity index is 2.62. The van der Waals surface area contributed by atoms with E-state index in [-0.39, 0.29) is 0 Å². The Kier molecular flexibility index (Phi) is 6.88. The van der Waals surface area contributed by atoms with Gasteiger partial charge in [0.15, 0.2) is 0 Å². The van der Waals surface area contributed by atoms with Gasteiger partial charge in [-0.3, -0.25) is 0 Å². The maximum Gasteiger partial charge on any atom is 0.0544 e. The summed E-state index contributed by atoms with van der Waals surface area (Å²) >= 11 is 0. The first kappa shape index (κ1) is 7.93. The summed E-state index contributed by atoms with van der Waals surface area (Å²) in [5.74, 6) is 0. The van der Waals surface area contributed by atoms with Crippen molar-refractivity contribution >= 4 is 22.0 Å². The van der Waals surface area contributed by atoms with Crippen LogP contribution in [0.5, 0.6) is 0 Å². The van der Waals surface area contributed by atoms with Crippen molar-refractivity contribution in [3.63, 3.8) is 0 Å². The highest BCUT2D eigenvalue weighted by Crippen LogP contribution is 1.93. The highest BCUT2D eigenvalue weighted by Gasteiger charge is 1.83. The number of hydrogen-bond donors (Lipinski definition) is 0. The van der Waals surface area contributed by atoms with Crippen LogP contribution in [0.1, 0.15) is 12.8 Å². The van der Waals surface area contributed by atoms with Gasteiger partial charge in [0.1, 0.15) is 0 Å². The third-order valence-electron chi connectivity index (χ3n) is 0.915. The zero-order valence-corrected chi connectivity index (χ0v) is 5.14. The van der Waals surface area contributed by atoms with Crippen molar-refractivity contribution in [2.24, 2.45) is 0 Å². The van der Waals surface area contributed by atoms with Crippen LogP contribution in [-0.4, -0.2) is 22.0 Å². The third-order valence-corrected chi connectivity index (χ3v) is 0.915. The van der Waals surface area contributed by atoms with Gasteiger partial charge in [0.25, 0.3) is 0 Å². The fourth-order valence-corrected chi connectivity index (χ4v) is 0.476. The molecular formula is C5H9B3. The van der Waals surface area contributed by atoms with Crippen molar-refractivity contribution < 1.29 is 0 Å². The van der Waals surface area contributed by atoms with Crippen molar-refractivity contribution in [2.75, 3.05) is 0 Å². The van der Waals surface area contributed by atoms with Crippen molar-refractivity contribution in [1.29, 1.82) is 0 Å². The van der Waals surface area contributed by atoms with Gasteiger partial charge < -0.3 is 0 Å². The lowest BCUT2D eigenvalue weighted by Crippen LogP contribution is -2.01. The lowest BCUT2D eigenvalue weighted by Gasteiger charge is -1.90. The quantitative estimate of drug-likeness (QED) is 0.273. The Morgan fingerprint density at radius 1 is 1.62 bits per heavy atom. The maximum absolute atomic E-state index is 5.10. The van der Waals surface area contributed by atoms with Crippen LogP contribution in [0, 0.1) is 0 Å². The highest BCUT2D eigenvalue weighted by molar-refractivity contribution is 7.23. The van der Waals surface area contributed by atoms with Crippen LogP contribution in [-0.2, 0) is 0 Å². The summed E-state index contributed by atoms with van der Waals surface area (Å²) in [4.78, 5) is 0. The SMILES string of the molecule is [B][B][B]CCCC=C. The monoisotopic (exact) mass is 102 g/mol. The van der Waals surface area contributed by atoms with Crippen molar-refractivity contribution in [3.05, 3.63) is 12.7 Å². The van der Waals surface area contributed by atoms with Gasteiger partial charge in [-0.05, 0) is 6.42 Å². The largest absolute Gasteiger partial charge is 0.103 e. The van der Waals surface area contributed by atoms with E-state index < -0.39 is 0 Å². The van der Waals surface area contributed by atoms with Crippen molar-refractivity contribution in [3.8, 4) is 0 Å². The summed E-state index contributed by atoms with van der Waals surface area (Å²) in [7, 11) is 8.65. The first-order chi connectivity index (χ1) is 3.91. The van der Waals surface area contributed by atoms with E-state index in [9.17, 15) is 0 Å². The zero-order valence-electron chi connectivity index (χ0n) is 5.14. The molecule has 0 nitrogen and oxygen atoms in total. The number of allylic oxidation sites excluding steroid dienone is 1. The van der Waals surface area contributed by atoms with E-state index in [0.717, 1.165) is 19.2 Å². The van der Waals surface area contributed by atoms with Crippen LogP contribution < -0.4 is 0 Å². The molecule has 0 bridgehead atoms. The summed E-state index contributed by atoms with van der Waals surface area (Å²) in [5, 5.41) is 0. The predicted octanol–water partition coefficient (Wildman–Crippen LogP) is 0.778. The van der Waals surface area contributed by atoms with Crippen molar-refractivity contribution in [2.45, 2.75) is 19.2 Å². The molecule has 0 amide bonds. The minimum atomic E-state index is 1.07. The molecular weight excluding hydrogens is 92.5 g/mol. The van der Waals surface area contributed by atoms with Crippen LogP contribution in [0.15, 0.2) is 12.7 Å². The molecule has 0 spiro atoms. The van der Waals surface area contributed by atoms with Crippen LogP contribution in [0.3, 0.4) is 0 Å². The minimum absolute atomic E-state index is 1.07. The van der Waals surface area contributed by atoms with E-state index in [1.165, 1.54) is 0 Å². The van der Waals surface area contributed by atoms with E-state index in [1.54, 1.807) is 7.06 Å². The Hall–Kier alpha value is -0.0652. The molecule has 0 aliphatic rings. The van der Waals surface area contributed by atoms with Gasteiger partial charge in [0.2, 0.25) is 0 Å². The van der Waals surface area contributed by atoms with Crippen LogP contribution >= 0.6 is 0 Å². The molecule has 0 saturated carbocycles. The highest BCUT2D eigenvalue weighted by atomic mass is 13.7. The minimum Gasteiger partial charge on any atom is -0.103 e. The van der Waals surface area contributed by atoms with E-state index in [0.29, 0.717) is 0 Å². The van der Waals surface area contributed by atoms with Gasteiger partial charge in [0, 0.05) is 14.8 Å². The average Bonchev–Trinajstić information content (AvgIpc) is 1.81. The molecule has 0 aromatic rings. The predicted molar refractivity (Wildman–Crippen MR) is 41.5 cm³/mol. The molecule has 3 heteroatoms. The molecule has 4 radical (unpaired) electrons. The molecule has 0 N–H and O–H groups in total. The summed E-state index contributed by atoms with van der Waals surface area (Å²) in [6, 6.07) is 0. The van der Waals surface area contributed by atoms with E-state index >= 15 is 0 Å². The standard InChI is InChI=1S/C5H9B3/c1-2-3-4-5-7-8-6/h2H,1,3-5H2. The molecule has 0 aliphatic carbocycles. The second-order valence-corrected chi connectivity index (χ2v) is 1.65. The molecule has 38 valence electrons. The van der Waals surface area contributed by atoms with Gasteiger partial charge in [-0.1, -0.05) is 18.8 Å². The van der Waals surface area contributed by atoms with Gasteiger partial charge in [0.05, 0.1) is 7.17 Å². The van der Waals surface area contributed by atoms with E-state index in [4.69, 9.17) is 7.74 Å². The molecule has 0 rings (SSSR count). The summed E-state index contributed by atoms with van der Waals surface area (Å²) in [5.41, 5.74) is 0. The number of rotatable bonds is 5. The number of unbranched alkanes of at least 4 members (excludes halogenated alkanes) is 1. The fraction of sp³-hybridized carbons (Fsp3) is 0.600. The second kappa shape index (κ2) is 6.93. The molecule has 0 aromatic heterocycles. The molecule has 0 fully saturated rings. The lowest BCUT2D eigenvalue weighted by molar-refractivity contribution is 0.956. The van der Waals surface area contributed by atoms with E-state index in [1.807, 2.05) is 13.2 Å². The first-order valence-electron chi connectivity index (χ1n) is 2.89. The molecule has 8 heavy (non-hydrogen) atoms. The van der Waals surface area contributed by atoms with Gasteiger partial charge in [-0.2, -0.15) is 0 Å². The molecule has 0 saturated heterocycles. The molecule has 0 aliphatic heterocycles. The van der Waals surface area contributed by atoms with Gasteiger partial charge >= 0.3 is 0 Å². The molecule has 0 atom stereocenters. The molecule has 0 heterocycles. The summed E-state index contributed by atoms with van der Waals surface area (Å²) < 4.78 is 0. The number of hydrogen-bond acceptors (Lipinski definition) is 0. The Morgan fingerprint density at radius 3 is 2.88 bits per heavy atom. The molecule has 0 aromatic carbocycles. The van der Waals surface area contributed by atoms with Crippen LogP contribution in [0.4, 0.5) is 0 Å². The van der Waals surface area contributed by atoms with Gasteiger partial charge in [-0.15, -0.1) is 6.58 Å². The first-order valence-corrected chi connectivity index (χ1v) is 2.89. The zero-order chi connectivity index (χ0) is 6.24. The molecule has 0 unspecified atom stereocenters. The fourth-order valence-electron chi connectivity index (χ4n) is 0.476. The van der Waals surface area contributed by atoms with Crippen molar-refractivity contribution in [1.82, 2.24) is 0 Å². The van der Waals surface area contributed by atoms with Gasteiger partial charge in [-0.25, -0.2) is 0 Å². The van der Waals surface area contributed by atoms with E-state index in [2.05, 4.69) is 6.58 Å². The average molecular weight is 102 g/mol. The summed E-state index contributed by atoms with van der Waals surface area (Å²) in [6.07, 6.45) is 5.24. The normalized spacial score (nSPS) is 8.00. The summed E-state index contributed by atoms with van der Waals surface area (Å²) in [6.45, 7) is 3.60. The third kappa shape index (κ3) is 5.93. The lowest BCUT2D eigenvalue weighted by atomic mass is 9.27. The topological polar surface area (TPSA) is 0 Å². The Morgan fingerprint density at radius 2 is 2.38 bits per heavy atom. The smallest absolute Gasteiger partial charge is 0.0544 e.